The van der Waals surface area contributed by atoms with E-state index in [-0.39, 0.29) is 34.4 Å². The summed E-state index contributed by atoms with van der Waals surface area (Å²) in [5.41, 5.74) is 0. The van der Waals surface area contributed by atoms with Gasteiger partial charge in [0.05, 0.1) is 0 Å². The van der Waals surface area contributed by atoms with Crippen LogP contribution in [0.1, 0.15) is 0 Å². The summed E-state index contributed by atoms with van der Waals surface area (Å²) in [5, 5.41) is 0. The van der Waals surface area contributed by atoms with Crippen molar-refractivity contribution >= 4 is 25.2 Å². The zero-order valence-corrected chi connectivity index (χ0v) is 4.55. The first-order chi connectivity index (χ1) is 2.00. The Labute approximate surface area is 61.8 Å². The van der Waals surface area contributed by atoms with Crippen molar-refractivity contribution in [3.8, 4) is 0 Å². The van der Waals surface area contributed by atoms with Gasteiger partial charge in [-0.15, -0.1) is 0 Å². The molecule has 0 aliphatic rings. The standard InChI is InChI=1S/Al.Fe.H3O4P.3H/c;;1-5(2,3)4;;;/h;;(H3,1,2,3,4);;;. The summed E-state index contributed by atoms with van der Waals surface area (Å²) in [5.74, 6) is 0. The molecule has 0 spiro atoms. The Balaban J connectivity index is -0.0000000800. The molecule has 0 saturated carbocycles. The van der Waals surface area contributed by atoms with Crippen LogP contribution in [0.4, 0.5) is 0 Å². The summed E-state index contributed by atoms with van der Waals surface area (Å²) in [6.07, 6.45) is 0. The van der Waals surface area contributed by atoms with E-state index in [0.717, 1.165) is 0 Å². The minimum atomic E-state index is -4.64. The maximum Gasteiger partial charge on any atom is 0.466 e. The van der Waals surface area contributed by atoms with Crippen LogP contribution in [0.3, 0.4) is 0 Å². The van der Waals surface area contributed by atoms with Gasteiger partial charge in [0.1, 0.15) is 0 Å². The van der Waals surface area contributed by atoms with Crippen molar-refractivity contribution in [1.29, 1.82) is 0 Å². The number of hydrogen-bond acceptors (Lipinski definition) is 1. The molecule has 7 heteroatoms. The van der Waals surface area contributed by atoms with Crippen LogP contribution in [0.15, 0.2) is 0 Å². The second-order valence-electron chi connectivity index (χ2n) is 0.513. The summed E-state index contributed by atoms with van der Waals surface area (Å²) in [7, 11) is -4.64. The van der Waals surface area contributed by atoms with Crippen molar-refractivity contribution in [3.63, 3.8) is 0 Å². The topological polar surface area (TPSA) is 77.8 Å². The van der Waals surface area contributed by atoms with E-state index in [2.05, 4.69) is 0 Å². The number of hydrogen-bond donors (Lipinski definition) is 3. The fraction of sp³-hybridized carbons (Fsp3) is 0. The minimum absolute atomic E-state index is 0. The molecule has 0 amide bonds. The van der Waals surface area contributed by atoms with Crippen molar-refractivity contribution in [2.45, 2.75) is 0 Å². The summed E-state index contributed by atoms with van der Waals surface area (Å²) in [6, 6.07) is 0. The van der Waals surface area contributed by atoms with Crippen LogP contribution < -0.4 is 0 Å². The summed E-state index contributed by atoms with van der Waals surface area (Å²) in [4.78, 5) is 21.6. The van der Waals surface area contributed by atoms with Crippen LogP contribution in [0.5, 0.6) is 0 Å². The Morgan fingerprint density at radius 3 is 1.14 bits per heavy atom. The molecule has 0 heterocycles. The van der Waals surface area contributed by atoms with E-state index in [1.165, 1.54) is 0 Å². The van der Waals surface area contributed by atoms with Crippen molar-refractivity contribution in [3.05, 3.63) is 0 Å². The maximum atomic E-state index is 8.88. The molecule has 0 atom stereocenters. The second kappa shape index (κ2) is 5.30. The van der Waals surface area contributed by atoms with Gasteiger partial charge in [-0.2, -0.15) is 0 Å². The quantitative estimate of drug-likeness (QED) is 0.297. The predicted octanol–water partition coefficient (Wildman–Crippen LogP) is -2.12. The average molecular weight is 184 g/mol. The third-order valence-corrected chi connectivity index (χ3v) is 0. The van der Waals surface area contributed by atoms with Gasteiger partial charge in [-0.3, -0.25) is 0 Å². The molecule has 0 bridgehead atoms. The molecule has 7 heavy (non-hydrogen) atoms. The zero-order valence-electron chi connectivity index (χ0n) is 2.55. The Kier molecular flexibility index (Phi) is 11.9. The van der Waals surface area contributed by atoms with Gasteiger partial charge in [0.2, 0.25) is 0 Å². The summed E-state index contributed by atoms with van der Waals surface area (Å²) < 4.78 is 8.88. The van der Waals surface area contributed by atoms with Crippen LogP contribution >= 0.6 is 7.82 Å². The molecule has 0 rings (SSSR count). The van der Waals surface area contributed by atoms with Crippen molar-refractivity contribution in [1.82, 2.24) is 0 Å². The first-order valence-corrected chi connectivity index (χ1v) is 2.35. The molecule has 0 aliphatic carbocycles. The molecule has 0 aromatic heterocycles. The largest absolute Gasteiger partial charge is 0.466 e. The zero-order chi connectivity index (χ0) is 4.50. The molecule has 0 fully saturated rings. The van der Waals surface area contributed by atoms with Crippen LogP contribution in [0, 0.1) is 0 Å². The monoisotopic (exact) mass is 184 g/mol. The van der Waals surface area contributed by atoms with Crippen molar-refractivity contribution < 1.29 is 36.3 Å². The molecular weight excluding hydrogens is 178 g/mol. The van der Waals surface area contributed by atoms with Gasteiger partial charge < -0.3 is 14.7 Å². The molecule has 3 N–H and O–H groups in total. The molecular formula is H6AlFeO4P. The van der Waals surface area contributed by atoms with Crippen LogP contribution in [0.2, 0.25) is 0 Å². The van der Waals surface area contributed by atoms with Gasteiger partial charge in [-0.25, -0.2) is 4.57 Å². The first kappa shape index (κ1) is 15.7. The van der Waals surface area contributed by atoms with Crippen LogP contribution in [-0.4, -0.2) is 32.0 Å². The Morgan fingerprint density at radius 2 is 1.14 bits per heavy atom. The average Bonchev–Trinajstić information content (AvgIpc) is 0.722. The van der Waals surface area contributed by atoms with E-state index < -0.39 is 7.82 Å². The van der Waals surface area contributed by atoms with E-state index >= 15 is 0 Å². The van der Waals surface area contributed by atoms with E-state index in [9.17, 15) is 0 Å². The van der Waals surface area contributed by atoms with Gasteiger partial charge >= 0.3 is 7.82 Å². The minimum Gasteiger partial charge on any atom is -0.303 e. The summed E-state index contributed by atoms with van der Waals surface area (Å²) >= 11 is 0. The molecule has 0 radical (unpaired) electrons. The van der Waals surface area contributed by atoms with Crippen molar-refractivity contribution in [2.24, 2.45) is 0 Å². The van der Waals surface area contributed by atoms with Gasteiger partial charge in [0, 0.05) is 17.1 Å². The van der Waals surface area contributed by atoms with Gasteiger partial charge in [0.25, 0.3) is 0 Å². The second-order valence-corrected chi connectivity index (χ2v) is 1.54. The van der Waals surface area contributed by atoms with E-state index in [1.807, 2.05) is 0 Å². The SMILES string of the molecule is O=P(O)(O)O.[AlH3].[Fe]. The smallest absolute Gasteiger partial charge is 0.303 e. The Bertz CT molecular complexity index is 57.8. The van der Waals surface area contributed by atoms with E-state index in [0.29, 0.717) is 0 Å². The Morgan fingerprint density at radius 1 is 1.14 bits per heavy atom. The Hall–Kier alpha value is 1.16. The van der Waals surface area contributed by atoms with E-state index in [4.69, 9.17) is 19.2 Å². The molecule has 0 unspecified atom stereocenters. The number of phosphoric acid groups is 1. The van der Waals surface area contributed by atoms with Gasteiger partial charge in [-0.05, 0) is 0 Å². The fourth-order valence-electron chi connectivity index (χ4n) is 0. The normalized spacial score (nSPS) is 8.43. The third kappa shape index (κ3) is 141. The molecule has 0 saturated heterocycles. The first-order valence-electron chi connectivity index (χ1n) is 0.783. The van der Waals surface area contributed by atoms with Crippen LogP contribution in [-0.2, 0) is 21.6 Å². The molecule has 46 valence electrons. The fourth-order valence-corrected chi connectivity index (χ4v) is 0. The molecule has 0 aromatic carbocycles. The maximum absolute atomic E-state index is 8.88. The molecule has 4 nitrogen and oxygen atoms in total. The summed E-state index contributed by atoms with van der Waals surface area (Å²) in [6.45, 7) is 0. The van der Waals surface area contributed by atoms with Crippen LogP contribution in [0.25, 0.3) is 0 Å². The van der Waals surface area contributed by atoms with Gasteiger partial charge in [0.15, 0.2) is 17.4 Å². The van der Waals surface area contributed by atoms with Crippen molar-refractivity contribution in [2.75, 3.05) is 0 Å². The van der Waals surface area contributed by atoms with E-state index in [1.54, 1.807) is 0 Å². The van der Waals surface area contributed by atoms with Gasteiger partial charge in [-0.1, -0.05) is 0 Å². The third-order valence-electron chi connectivity index (χ3n) is 0. The molecule has 0 aromatic rings. The number of rotatable bonds is 0. The molecule has 0 aliphatic heterocycles. The predicted molar refractivity (Wildman–Crippen MR) is 24.2 cm³/mol.